The molecule has 4 heteroatoms. The zero-order chi connectivity index (χ0) is 13.6. The number of carbonyl (C=O) groups excluding carboxylic acids is 2. The molecule has 2 aromatic carbocycles. The van der Waals surface area contributed by atoms with E-state index in [0.29, 0.717) is 22.4 Å². The third kappa shape index (κ3) is 1.81. The topological polar surface area (TPSA) is 46.2 Å². The van der Waals surface area contributed by atoms with E-state index in [2.05, 4.69) is 5.32 Å². The average molecular weight is 255 g/mol. The SMILES string of the molecule is CC(=O)Nc1ccc2c(c1)-c1ccc(F)cc1C2=O. The molecule has 3 rings (SSSR count). The number of ketones is 1. The first-order valence-corrected chi connectivity index (χ1v) is 5.82. The highest BCUT2D eigenvalue weighted by molar-refractivity contribution is 6.22. The molecule has 0 radical (unpaired) electrons. The van der Waals surface area contributed by atoms with Gasteiger partial charge in [0.25, 0.3) is 0 Å². The van der Waals surface area contributed by atoms with Crippen LogP contribution in [-0.4, -0.2) is 11.7 Å². The summed E-state index contributed by atoms with van der Waals surface area (Å²) in [5, 5.41) is 2.67. The zero-order valence-corrected chi connectivity index (χ0v) is 10.2. The summed E-state index contributed by atoms with van der Waals surface area (Å²) in [5.74, 6) is -0.788. The molecule has 0 aromatic heterocycles. The van der Waals surface area contributed by atoms with Gasteiger partial charge in [-0.3, -0.25) is 9.59 Å². The minimum absolute atomic E-state index is 0.177. The number of anilines is 1. The number of carbonyl (C=O) groups is 2. The molecule has 0 fully saturated rings. The molecule has 3 nitrogen and oxygen atoms in total. The van der Waals surface area contributed by atoms with Gasteiger partial charge in [0.05, 0.1) is 0 Å². The van der Waals surface area contributed by atoms with Crippen LogP contribution in [0.4, 0.5) is 10.1 Å². The van der Waals surface area contributed by atoms with Crippen molar-refractivity contribution in [1.29, 1.82) is 0 Å². The van der Waals surface area contributed by atoms with Gasteiger partial charge < -0.3 is 5.32 Å². The number of amides is 1. The minimum atomic E-state index is -0.429. The lowest BCUT2D eigenvalue weighted by Gasteiger charge is -2.05. The van der Waals surface area contributed by atoms with Crippen LogP contribution in [0.1, 0.15) is 22.8 Å². The van der Waals surface area contributed by atoms with E-state index in [0.717, 1.165) is 5.56 Å². The highest BCUT2D eigenvalue weighted by atomic mass is 19.1. The van der Waals surface area contributed by atoms with Crippen molar-refractivity contribution in [3.63, 3.8) is 0 Å². The van der Waals surface area contributed by atoms with Crippen molar-refractivity contribution in [2.45, 2.75) is 6.92 Å². The van der Waals surface area contributed by atoms with E-state index < -0.39 is 5.82 Å². The van der Waals surface area contributed by atoms with Gasteiger partial charge in [-0.05, 0) is 41.5 Å². The first-order valence-electron chi connectivity index (χ1n) is 5.82. The highest BCUT2D eigenvalue weighted by Crippen LogP contribution is 2.38. The number of hydrogen-bond acceptors (Lipinski definition) is 2. The van der Waals surface area contributed by atoms with Gasteiger partial charge in [0.2, 0.25) is 5.91 Å². The maximum absolute atomic E-state index is 13.2. The number of rotatable bonds is 1. The quantitative estimate of drug-likeness (QED) is 0.726. The number of hydrogen-bond donors (Lipinski definition) is 1. The van der Waals surface area contributed by atoms with Crippen molar-refractivity contribution < 1.29 is 14.0 Å². The molecule has 0 saturated carbocycles. The molecular formula is C15H10FNO2. The van der Waals surface area contributed by atoms with Gasteiger partial charge in [-0.1, -0.05) is 6.07 Å². The molecule has 1 amide bonds. The van der Waals surface area contributed by atoms with Crippen LogP contribution in [0.25, 0.3) is 11.1 Å². The minimum Gasteiger partial charge on any atom is -0.326 e. The molecule has 1 N–H and O–H groups in total. The number of benzene rings is 2. The zero-order valence-electron chi connectivity index (χ0n) is 10.2. The van der Waals surface area contributed by atoms with Crippen molar-refractivity contribution in [2.75, 3.05) is 5.32 Å². The fourth-order valence-electron chi connectivity index (χ4n) is 2.33. The van der Waals surface area contributed by atoms with Gasteiger partial charge in [0, 0.05) is 23.7 Å². The van der Waals surface area contributed by atoms with Crippen LogP contribution in [-0.2, 0) is 4.79 Å². The lowest BCUT2D eigenvalue weighted by molar-refractivity contribution is -0.114. The molecule has 0 unspecified atom stereocenters. The summed E-state index contributed by atoms with van der Waals surface area (Å²) in [6.45, 7) is 1.42. The van der Waals surface area contributed by atoms with Crippen molar-refractivity contribution >= 4 is 17.4 Å². The molecular weight excluding hydrogens is 245 g/mol. The van der Waals surface area contributed by atoms with Gasteiger partial charge >= 0.3 is 0 Å². The Hall–Kier alpha value is -2.49. The number of fused-ring (bicyclic) bond motifs is 3. The van der Waals surface area contributed by atoms with Crippen LogP contribution in [0, 0.1) is 5.82 Å². The standard InChI is InChI=1S/C15H10FNO2/c1-8(18)17-10-3-5-12-13(7-10)11-4-2-9(16)6-14(11)15(12)19/h2-7H,1H3,(H,17,18). The Bertz CT molecular complexity index is 722. The van der Waals surface area contributed by atoms with E-state index in [1.165, 1.54) is 19.1 Å². The summed E-state index contributed by atoms with van der Waals surface area (Å²) in [5.41, 5.74) is 2.96. The third-order valence-electron chi connectivity index (χ3n) is 3.10. The van der Waals surface area contributed by atoms with Gasteiger partial charge in [-0.25, -0.2) is 4.39 Å². The molecule has 0 atom stereocenters. The van der Waals surface area contributed by atoms with E-state index in [9.17, 15) is 14.0 Å². The maximum Gasteiger partial charge on any atom is 0.221 e. The number of halogens is 1. The van der Waals surface area contributed by atoms with Crippen molar-refractivity contribution in [3.05, 3.63) is 53.3 Å². The second kappa shape index (κ2) is 4.02. The summed E-state index contributed by atoms with van der Waals surface area (Å²) >= 11 is 0. The second-order valence-corrected chi connectivity index (χ2v) is 4.46. The smallest absolute Gasteiger partial charge is 0.221 e. The molecule has 1 aliphatic carbocycles. The van der Waals surface area contributed by atoms with Gasteiger partial charge in [0.1, 0.15) is 5.82 Å². The third-order valence-corrected chi connectivity index (χ3v) is 3.10. The fourth-order valence-corrected chi connectivity index (χ4v) is 2.33. The summed E-state index contributed by atoms with van der Waals surface area (Å²) in [7, 11) is 0. The summed E-state index contributed by atoms with van der Waals surface area (Å²) < 4.78 is 13.2. The van der Waals surface area contributed by atoms with Crippen LogP contribution < -0.4 is 5.32 Å². The van der Waals surface area contributed by atoms with Crippen molar-refractivity contribution in [1.82, 2.24) is 0 Å². The van der Waals surface area contributed by atoms with Crippen molar-refractivity contribution in [3.8, 4) is 11.1 Å². The predicted octanol–water partition coefficient (Wildman–Crippen LogP) is 3.00. The van der Waals surface area contributed by atoms with Crippen LogP contribution in [0.15, 0.2) is 36.4 Å². The Morgan fingerprint density at radius 2 is 1.74 bits per heavy atom. The fraction of sp³-hybridized carbons (Fsp3) is 0.0667. The molecule has 0 spiro atoms. The summed E-state index contributed by atoms with van der Waals surface area (Å²) in [4.78, 5) is 23.2. The molecule has 1 aliphatic rings. The van der Waals surface area contributed by atoms with E-state index in [1.54, 1.807) is 24.3 Å². The van der Waals surface area contributed by atoms with Gasteiger partial charge in [-0.15, -0.1) is 0 Å². The van der Waals surface area contributed by atoms with Crippen LogP contribution >= 0.6 is 0 Å². The van der Waals surface area contributed by atoms with Gasteiger partial charge in [-0.2, -0.15) is 0 Å². The lowest BCUT2D eigenvalue weighted by Crippen LogP contribution is -2.05. The first kappa shape index (κ1) is 11.6. The van der Waals surface area contributed by atoms with Crippen molar-refractivity contribution in [2.24, 2.45) is 0 Å². The Kier molecular flexibility index (Phi) is 2.45. The normalized spacial score (nSPS) is 12.0. The molecule has 19 heavy (non-hydrogen) atoms. The van der Waals surface area contributed by atoms with E-state index >= 15 is 0 Å². The second-order valence-electron chi connectivity index (χ2n) is 4.46. The Morgan fingerprint density at radius 3 is 2.47 bits per heavy atom. The van der Waals surface area contributed by atoms with E-state index in [1.807, 2.05) is 0 Å². The molecule has 0 bridgehead atoms. The summed E-state index contributed by atoms with van der Waals surface area (Å²) in [6, 6.07) is 9.22. The largest absolute Gasteiger partial charge is 0.326 e. The molecule has 2 aromatic rings. The monoisotopic (exact) mass is 255 g/mol. The molecule has 94 valence electrons. The molecule has 0 heterocycles. The maximum atomic E-state index is 13.2. The summed E-state index contributed by atoms with van der Waals surface area (Å²) in [6.07, 6.45) is 0. The number of nitrogens with one attached hydrogen (secondary N) is 1. The lowest BCUT2D eigenvalue weighted by atomic mass is 10.1. The average Bonchev–Trinajstić information content (AvgIpc) is 2.62. The van der Waals surface area contributed by atoms with E-state index in [4.69, 9.17) is 0 Å². The first-order chi connectivity index (χ1) is 9.06. The molecule has 0 aliphatic heterocycles. The Morgan fingerprint density at radius 1 is 1.00 bits per heavy atom. The van der Waals surface area contributed by atoms with Crippen LogP contribution in [0.5, 0.6) is 0 Å². The Balaban J connectivity index is 2.16. The van der Waals surface area contributed by atoms with Crippen LogP contribution in [0.3, 0.4) is 0 Å². The molecule has 0 saturated heterocycles. The van der Waals surface area contributed by atoms with Gasteiger partial charge in [0.15, 0.2) is 5.78 Å². The van der Waals surface area contributed by atoms with E-state index in [-0.39, 0.29) is 11.7 Å². The van der Waals surface area contributed by atoms with Crippen LogP contribution in [0.2, 0.25) is 0 Å². The predicted molar refractivity (Wildman–Crippen MR) is 69.6 cm³/mol. The Labute approximate surface area is 109 Å². The highest BCUT2D eigenvalue weighted by Gasteiger charge is 2.27.